The van der Waals surface area contributed by atoms with E-state index in [4.69, 9.17) is 4.55 Å². The molecule has 28 heavy (non-hydrogen) atoms. The summed E-state index contributed by atoms with van der Waals surface area (Å²) < 4.78 is 30.9. The lowest BCUT2D eigenvalue weighted by atomic mass is 10.1. The summed E-state index contributed by atoms with van der Waals surface area (Å²) in [4.78, 5) is 63.5. The zero-order valence-electron chi connectivity index (χ0n) is 14.9. The molecule has 0 radical (unpaired) electrons. The molecule has 0 aromatic rings. The predicted octanol–water partition coefficient (Wildman–Crippen LogP) is -0.274. The molecular formula is C16H20N2O9S. The summed E-state index contributed by atoms with van der Waals surface area (Å²) in [7, 11) is -4.75. The van der Waals surface area contributed by atoms with Crippen molar-refractivity contribution in [2.24, 2.45) is 0 Å². The zero-order chi connectivity index (χ0) is 20.9. The number of hydrogen-bond acceptors (Lipinski definition) is 8. The van der Waals surface area contributed by atoms with Crippen molar-refractivity contribution in [2.75, 3.05) is 6.54 Å². The monoisotopic (exact) mass is 416 g/mol. The minimum atomic E-state index is -4.75. The summed E-state index contributed by atoms with van der Waals surface area (Å²) in [5.74, 6) is -3.81. The molecule has 2 heterocycles. The molecule has 1 atom stereocenters. The van der Waals surface area contributed by atoms with Crippen LogP contribution >= 0.6 is 0 Å². The van der Waals surface area contributed by atoms with Gasteiger partial charge in [-0.1, -0.05) is 19.3 Å². The van der Waals surface area contributed by atoms with Crippen molar-refractivity contribution in [3.63, 3.8) is 0 Å². The first-order valence-electron chi connectivity index (χ1n) is 8.68. The van der Waals surface area contributed by atoms with Gasteiger partial charge in [-0.2, -0.15) is 8.42 Å². The van der Waals surface area contributed by atoms with Crippen LogP contribution in [0.25, 0.3) is 0 Å². The first-order valence-corrected chi connectivity index (χ1v) is 10.2. The van der Waals surface area contributed by atoms with E-state index in [-0.39, 0.29) is 23.3 Å². The summed E-state index contributed by atoms with van der Waals surface area (Å²) in [5, 5.41) is -1.86. The molecule has 1 fully saturated rings. The third kappa shape index (κ3) is 5.45. The van der Waals surface area contributed by atoms with Gasteiger partial charge in [0.1, 0.15) is 0 Å². The van der Waals surface area contributed by atoms with E-state index in [2.05, 4.69) is 4.84 Å². The van der Waals surface area contributed by atoms with Gasteiger partial charge in [0.15, 0.2) is 5.25 Å². The molecule has 1 N–H and O–H groups in total. The topological polar surface area (TPSA) is 155 Å². The molecule has 0 bridgehead atoms. The lowest BCUT2D eigenvalue weighted by molar-refractivity contribution is -0.197. The lowest BCUT2D eigenvalue weighted by Gasteiger charge is -2.13. The molecular weight excluding hydrogens is 396 g/mol. The molecule has 0 spiro atoms. The first-order chi connectivity index (χ1) is 13.1. The van der Waals surface area contributed by atoms with Crippen LogP contribution in [0.4, 0.5) is 0 Å². The quantitative estimate of drug-likeness (QED) is 0.287. The minimum absolute atomic E-state index is 0.0822. The van der Waals surface area contributed by atoms with E-state index in [1.165, 1.54) is 12.2 Å². The van der Waals surface area contributed by atoms with Gasteiger partial charge in [-0.3, -0.25) is 28.6 Å². The molecule has 1 saturated heterocycles. The van der Waals surface area contributed by atoms with Crippen molar-refractivity contribution in [3.05, 3.63) is 12.2 Å². The summed E-state index contributed by atoms with van der Waals surface area (Å²) in [6.07, 6.45) is 4.77. The van der Waals surface area contributed by atoms with E-state index in [0.717, 1.165) is 17.7 Å². The highest BCUT2D eigenvalue weighted by Gasteiger charge is 2.48. The fourth-order valence-corrected chi connectivity index (χ4v) is 3.48. The molecule has 12 heteroatoms. The number of carbonyl (C=O) groups excluding carboxylic acids is 5. The van der Waals surface area contributed by atoms with Gasteiger partial charge in [0.25, 0.3) is 33.7 Å². The molecule has 11 nitrogen and oxygen atoms in total. The number of nitrogens with zero attached hydrogens (tertiary/aromatic N) is 2. The second-order valence-corrected chi connectivity index (χ2v) is 7.98. The van der Waals surface area contributed by atoms with Gasteiger partial charge < -0.3 is 4.84 Å². The van der Waals surface area contributed by atoms with E-state index in [0.29, 0.717) is 25.8 Å². The Morgan fingerprint density at radius 2 is 1.61 bits per heavy atom. The van der Waals surface area contributed by atoms with E-state index in [1.807, 2.05) is 0 Å². The average molecular weight is 416 g/mol. The molecule has 2 rings (SSSR count). The SMILES string of the molecule is O=C(CCCCCCCN1C(=O)C=CC1=O)ON1C(=O)CC(S(=O)(=O)O)C1=O. The van der Waals surface area contributed by atoms with Crippen LogP contribution in [0.15, 0.2) is 12.2 Å². The van der Waals surface area contributed by atoms with Crippen LogP contribution in [0.2, 0.25) is 0 Å². The predicted molar refractivity (Wildman–Crippen MR) is 91.5 cm³/mol. The van der Waals surface area contributed by atoms with Crippen molar-refractivity contribution in [1.29, 1.82) is 0 Å². The number of unbranched alkanes of at least 4 members (excludes halogenated alkanes) is 4. The van der Waals surface area contributed by atoms with Gasteiger partial charge in [0.2, 0.25) is 0 Å². The Morgan fingerprint density at radius 1 is 1.04 bits per heavy atom. The highest BCUT2D eigenvalue weighted by Crippen LogP contribution is 2.20. The first kappa shape index (κ1) is 21.7. The Bertz CT molecular complexity index is 800. The van der Waals surface area contributed by atoms with Crippen molar-refractivity contribution in [2.45, 2.75) is 50.2 Å². The third-order valence-electron chi connectivity index (χ3n) is 4.28. The zero-order valence-corrected chi connectivity index (χ0v) is 15.7. The van der Waals surface area contributed by atoms with Crippen LogP contribution in [0.3, 0.4) is 0 Å². The fourth-order valence-electron chi connectivity index (χ4n) is 2.78. The largest absolute Gasteiger partial charge is 0.333 e. The average Bonchev–Trinajstić information content (AvgIpc) is 3.07. The van der Waals surface area contributed by atoms with Gasteiger partial charge in [-0.05, 0) is 12.8 Å². The molecule has 154 valence electrons. The minimum Gasteiger partial charge on any atom is -0.330 e. The van der Waals surface area contributed by atoms with Gasteiger partial charge in [0.05, 0.1) is 6.42 Å². The summed E-state index contributed by atoms with van der Waals surface area (Å²) >= 11 is 0. The Hall–Kier alpha value is -2.60. The van der Waals surface area contributed by atoms with Crippen molar-refractivity contribution in [1.82, 2.24) is 9.96 Å². The van der Waals surface area contributed by atoms with E-state index >= 15 is 0 Å². The maximum Gasteiger partial charge on any atom is 0.333 e. The standard InChI is InChI=1S/C16H20N2O9S/c19-12-7-8-13(20)17(12)9-5-3-1-2-4-6-15(22)27-18-14(21)10-11(16(18)23)28(24,25)26/h7-8,11H,1-6,9-10H2,(H,24,25,26). The smallest absolute Gasteiger partial charge is 0.330 e. The Kier molecular flexibility index (Phi) is 7.02. The van der Waals surface area contributed by atoms with Crippen LogP contribution in [-0.2, 0) is 38.9 Å². The molecule has 1 unspecified atom stereocenters. The third-order valence-corrected chi connectivity index (χ3v) is 5.37. The van der Waals surface area contributed by atoms with E-state index in [1.54, 1.807) is 0 Å². The Balaban J connectivity index is 1.60. The molecule has 0 saturated carbocycles. The van der Waals surface area contributed by atoms with Gasteiger partial charge in [-0.15, -0.1) is 5.06 Å². The molecule has 0 aromatic carbocycles. The van der Waals surface area contributed by atoms with Crippen LogP contribution in [0.5, 0.6) is 0 Å². The lowest BCUT2D eigenvalue weighted by Crippen LogP contribution is -2.36. The molecule has 4 amide bonds. The van der Waals surface area contributed by atoms with Gasteiger partial charge >= 0.3 is 5.97 Å². The highest BCUT2D eigenvalue weighted by atomic mass is 32.2. The number of carbonyl (C=O) groups is 5. The second-order valence-electron chi connectivity index (χ2n) is 6.38. The van der Waals surface area contributed by atoms with Crippen LogP contribution < -0.4 is 0 Å². The van der Waals surface area contributed by atoms with Crippen molar-refractivity contribution < 1.29 is 41.8 Å². The summed E-state index contributed by atoms with van der Waals surface area (Å²) in [6, 6.07) is 0. The molecule has 0 aliphatic carbocycles. The number of imide groups is 2. The number of rotatable bonds is 10. The number of hydrogen-bond donors (Lipinski definition) is 1. The maximum atomic E-state index is 11.7. The summed E-state index contributed by atoms with van der Waals surface area (Å²) in [6.45, 7) is 0.334. The normalized spacial score (nSPS) is 19.8. The highest BCUT2D eigenvalue weighted by molar-refractivity contribution is 7.87. The second kappa shape index (κ2) is 9.06. The Labute approximate surface area is 161 Å². The van der Waals surface area contributed by atoms with E-state index < -0.39 is 39.6 Å². The fraction of sp³-hybridized carbons (Fsp3) is 0.562. The van der Waals surface area contributed by atoms with E-state index in [9.17, 15) is 32.4 Å². The van der Waals surface area contributed by atoms with Crippen molar-refractivity contribution in [3.8, 4) is 0 Å². The number of amides is 4. The van der Waals surface area contributed by atoms with Crippen LogP contribution in [0.1, 0.15) is 44.9 Å². The van der Waals surface area contributed by atoms with Gasteiger partial charge in [-0.25, -0.2) is 4.79 Å². The summed E-state index contributed by atoms with van der Waals surface area (Å²) in [5.41, 5.74) is 0. The number of hydroxylamine groups is 2. The molecule has 0 aromatic heterocycles. The van der Waals surface area contributed by atoms with Crippen molar-refractivity contribution >= 4 is 39.7 Å². The maximum absolute atomic E-state index is 11.7. The molecule has 2 aliphatic rings. The van der Waals surface area contributed by atoms with Crippen LogP contribution in [-0.4, -0.2) is 64.3 Å². The van der Waals surface area contributed by atoms with Crippen LogP contribution in [0, 0.1) is 0 Å². The molecule has 2 aliphatic heterocycles. The Morgan fingerprint density at radius 3 is 2.18 bits per heavy atom. The van der Waals surface area contributed by atoms with Gasteiger partial charge in [0, 0.05) is 25.1 Å².